The SMILES string of the molecule is COc1cc(/C=C(\C#N)C(=O)Nc2cccc(C)c2)cc(Cl)c1OCC(=O)Nc1ccccc1C. The minimum Gasteiger partial charge on any atom is -0.493 e. The van der Waals surface area contributed by atoms with Gasteiger partial charge in [-0.1, -0.05) is 41.9 Å². The molecular formula is C27H24ClN3O4. The number of nitriles is 1. The number of halogens is 1. The Hall–Kier alpha value is -4.28. The largest absolute Gasteiger partial charge is 0.493 e. The highest BCUT2D eigenvalue weighted by atomic mass is 35.5. The van der Waals surface area contributed by atoms with Gasteiger partial charge in [-0.05, 0) is 66.9 Å². The molecular weight excluding hydrogens is 466 g/mol. The van der Waals surface area contributed by atoms with Crippen molar-refractivity contribution in [3.63, 3.8) is 0 Å². The molecule has 178 valence electrons. The van der Waals surface area contributed by atoms with Crippen molar-refractivity contribution in [2.75, 3.05) is 24.4 Å². The summed E-state index contributed by atoms with van der Waals surface area (Å²) in [7, 11) is 1.43. The molecule has 0 fully saturated rings. The van der Waals surface area contributed by atoms with Crippen LogP contribution in [0.2, 0.25) is 5.02 Å². The highest BCUT2D eigenvalue weighted by Crippen LogP contribution is 2.37. The van der Waals surface area contributed by atoms with Crippen LogP contribution in [0.4, 0.5) is 11.4 Å². The van der Waals surface area contributed by atoms with Crippen molar-refractivity contribution in [1.82, 2.24) is 0 Å². The summed E-state index contributed by atoms with van der Waals surface area (Å²) in [6.45, 7) is 3.50. The van der Waals surface area contributed by atoms with Crippen molar-refractivity contribution >= 4 is 40.9 Å². The number of anilines is 2. The van der Waals surface area contributed by atoms with Crippen LogP contribution in [0.1, 0.15) is 16.7 Å². The fourth-order valence-corrected chi connectivity index (χ4v) is 3.51. The molecule has 0 radical (unpaired) electrons. The van der Waals surface area contributed by atoms with Crippen LogP contribution in [-0.4, -0.2) is 25.5 Å². The molecule has 8 heteroatoms. The van der Waals surface area contributed by atoms with Crippen LogP contribution < -0.4 is 20.1 Å². The lowest BCUT2D eigenvalue weighted by molar-refractivity contribution is -0.118. The summed E-state index contributed by atoms with van der Waals surface area (Å²) in [5, 5.41) is 15.2. The Kier molecular flexibility index (Phi) is 8.49. The number of nitrogens with zero attached hydrogens (tertiary/aromatic N) is 1. The number of aryl methyl sites for hydroxylation is 2. The van der Waals surface area contributed by atoms with Crippen molar-refractivity contribution in [1.29, 1.82) is 5.26 Å². The molecule has 0 saturated heterocycles. The zero-order chi connectivity index (χ0) is 25.4. The van der Waals surface area contributed by atoms with E-state index in [4.69, 9.17) is 21.1 Å². The summed E-state index contributed by atoms with van der Waals surface area (Å²) in [6, 6.07) is 19.6. The van der Waals surface area contributed by atoms with Gasteiger partial charge in [0, 0.05) is 11.4 Å². The molecule has 7 nitrogen and oxygen atoms in total. The van der Waals surface area contributed by atoms with Gasteiger partial charge in [0.15, 0.2) is 18.1 Å². The van der Waals surface area contributed by atoms with E-state index in [-0.39, 0.29) is 34.6 Å². The summed E-state index contributed by atoms with van der Waals surface area (Å²) in [5.74, 6) is -0.486. The predicted molar refractivity (Wildman–Crippen MR) is 137 cm³/mol. The molecule has 0 bridgehead atoms. The minimum atomic E-state index is -0.554. The number of nitrogens with one attached hydrogen (secondary N) is 2. The highest BCUT2D eigenvalue weighted by Gasteiger charge is 2.16. The molecule has 0 aromatic heterocycles. The second-order valence-electron chi connectivity index (χ2n) is 7.68. The van der Waals surface area contributed by atoms with Crippen LogP contribution in [0, 0.1) is 25.2 Å². The van der Waals surface area contributed by atoms with E-state index in [9.17, 15) is 14.9 Å². The van der Waals surface area contributed by atoms with E-state index in [1.165, 1.54) is 19.3 Å². The molecule has 0 unspecified atom stereocenters. The van der Waals surface area contributed by atoms with Crippen LogP contribution in [0.3, 0.4) is 0 Å². The van der Waals surface area contributed by atoms with Gasteiger partial charge in [-0.15, -0.1) is 0 Å². The summed E-state index contributed by atoms with van der Waals surface area (Å²) >= 11 is 6.39. The van der Waals surface area contributed by atoms with Crippen LogP contribution >= 0.6 is 11.6 Å². The maximum Gasteiger partial charge on any atom is 0.266 e. The number of amides is 2. The molecule has 0 saturated carbocycles. The van der Waals surface area contributed by atoms with E-state index in [1.807, 2.05) is 50.2 Å². The first-order valence-electron chi connectivity index (χ1n) is 10.7. The Morgan fingerprint density at radius 2 is 1.83 bits per heavy atom. The number of methoxy groups -OCH3 is 1. The third-order valence-corrected chi connectivity index (χ3v) is 5.25. The number of carbonyl (C=O) groups excluding carboxylic acids is 2. The van der Waals surface area contributed by atoms with E-state index in [0.717, 1.165) is 11.1 Å². The lowest BCUT2D eigenvalue weighted by Crippen LogP contribution is -2.21. The van der Waals surface area contributed by atoms with Crippen LogP contribution in [-0.2, 0) is 9.59 Å². The number of carbonyl (C=O) groups is 2. The quantitative estimate of drug-likeness (QED) is 0.320. The van der Waals surface area contributed by atoms with Gasteiger partial charge < -0.3 is 20.1 Å². The van der Waals surface area contributed by atoms with Gasteiger partial charge in [0.2, 0.25) is 0 Å². The van der Waals surface area contributed by atoms with Crippen molar-refractivity contribution < 1.29 is 19.1 Å². The van der Waals surface area contributed by atoms with E-state index >= 15 is 0 Å². The fraction of sp³-hybridized carbons (Fsp3) is 0.148. The van der Waals surface area contributed by atoms with Crippen LogP contribution in [0.5, 0.6) is 11.5 Å². The molecule has 0 aliphatic heterocycles. The normalized spacial score (nSPS) is 10.8. The summed E-state index contributed by atoms with van der Waals surface area (Å²) in [5.41, 5.74) is 3.51. The number of benzene rings is 3. The number of hydrogen-bond acceptors (Lipinski definition) is 5. The number of para-hydroxylation sites is 1. The van der Waals surface area contributed by atoms with Gasteiger partial charge in [0.25, 0.3) is 11.8 Å². The standard InChI is InChI=1S/C27H24ClN3O4/c1-17-7-6-9-21(11-17)30-27(33)20(15-29)12-19-13-22(28)26(24(14-19)34-3)35-16-25(32)31-23-10-5-4-8-18(23)2/h4-14H,16H2,1-3H3,(H,30,33)(H,31,32)/b20-12+. The molecule has 2 N–H and O–H groups in total. The lowest BCUT2D eigenvalue weighted by Gasteiger charge is -2.14. The van der Waals surface area contributed by atoms with Gasteiger partial charge in [0.05, 0.1) is 12.1 Å². The molecule has 0 spiro atoms. The second-order valence-corrected chi connectivity index (χ2v) is 8.09. The topological polar surface area (TPSA) is 100 Å². The lowest BCUT2D eigenvalue weighted by atomic mass is 10.1. The summed E-state index contributed by atoms with van der Waals surface area (Å²) in [6.07, 6.45) is 1.40. The smallest absolute Gasteiger partial charge is 0.266 e. The van der Waals surface area contributed by atoms with Gasteiger partial charge >= 0.3 is 0 Å². The Bertz CT molecular complexity index is 1330. The monoisotopic (exact) mass is 489 g/mol. The van der Waals surface area contributed by atoms with Gasteiger partial charge in [-0.25, -0.2) is 0 Å². The molecule has 0 atom stereocenters. The minimum absolute atomic E-state index is 0.115. The van der Waals surface area contributed by atoms with E-state index in [1.54, 1.807) is 24.3 Å². The third-order valence-electron chi connectivity index (χ3n) is 4.97. The highest BCUT2D eigenvalue weighted by molar-refractivity contribution is 6.32. The van der Waals surface area contributed by atoms with Crippen molar-refractivity contribution in [3.8, 4) is 17.6 Å². The molecule has 3 aromatic carbocycles. The molecule has 35 heavy (non-hydrogen) atoms. The van der Waals surface area contributed by atoms with Crippen LogP contribution in [0.15, 0.2) is 66.2 Å². The van der Waals surface area contributed by atoms with E-state index in [0.29, 0.717) is 16.9 Å². The number of rotatable bonds is 8. The molecule has 0 aliphatic carbocycles. The third kappa shape index (κ3) is 6.85. The molecule has 3 rings (SSSR count). The predicted octanol–water partition coefficient (Wildman–Crippen LogP) is 5.53. The number of ether oxygens (including phenoxy) is 2. The Labute approximate surface area is 208 Å². The average Bonchev–Trinajstić information content (AvgIpc) is 2.82. The van der Waals surface area contributed by atoms with Crippen LogP contribution in [0.25, 0.3) is 6.08 Å². The molecule has 0 heterocycles. The maximum atomic E-state index is 12.6. The van der Waals surface area contributed by atoms with Gasteiger partial charge in [-0.3, -0.25) is 9.59 Å². The average molecular weight is 490 g/mol. The first-order valence-corrected chi connectivity index (χ1v) is 11.0. The first-order chi connectivity index (χ1) is 16.8. The van der Waals surface area contributed by atoms with Gasteiger partial charge in [0.1, 0.15) is 11.6 Å². The Morgan fingerprint density at radius 3 is 2.51 bits per heavy atom. The van der Waals surface area contributed by atoms with Crippen molar-refractivity contribution in [3.05, 3.63) is 87.9 Å². The maximum absolute atomic E-state index is 12.6. The number of hydrogen-bond donors (Lipinski definition) is 2. The Morgan fingerprint density at radius 1 is 1.06 bits per heavy atom. The van der Waals surface area contributed by atoms with Gasteiger partial charge in [-0.2, -0.15) is 5.26 Å². The second kappa shape index (κ2) is 11.7. The summed E-state index contributed by atoms with van der Waals surface area (Å²) in [4.78, 5) is 24.9. The molecule has 0 aliphatic rings. The Balaban J connectivity index is 1.75. The zero-order valence-electron chi connectivity index (χ0n) is 19.5. The first kappa shape index (κ1) is 25.3. The van der Waals surface area contributed by atoms with Crippen molar-refractivity contribution in [2.45, 2.75) is 13.8 Å². The summed E-state index contributed by atoms with van der Waals surface area (Å²) < 4.78 is 11.0. The molecule has 2 amide bonds. The van der Waals surface area contributed by atoms with Crippen molar-refractivity contribution in [2.24, 2.45) is 0 Å². The van der Waals surface area contributed by atoms with E-state index < -0.39 is 5.91 Å². The van der Waals surface area contributed by atoms with E-state index in [2.05, 4.69) is 10.6 Å². The molecule has 3 aromatic rings. The zero-order valence-corrected chi connectivity index (χ0v) is 20.3. The fourth-order valence-electron chi connectivity index (χ4n) is 3.24.